The van der Waals surface area contributed by atoms with Gasteiger partial charge in [0.1, 0.15) is 0 Å². The van der Waals surface area contributed by atoms with E-state index < -0.39 is 0 Å². The molecule has 4 heteroatoms. The maximum Gasteiger partial charge on any atom is 0.305 e. The van der Waals surface area contributed by atoms with Gasteiger partial charge in [-0.15, -0.1) is 0 Å². The average molecular weight is 201 g/mol. The van der Waals surface area contributed by atoms with Crippen LogP contribution in [0.3, 0.4) is 0 Å². The standard InChI is InChI=1S/C10H19NO3/c1-14-10(13)3-2-8-4-6-11-7-5-9(8)12/h8-9,11-12H,2-7H2,1H3/t8-,9+/m0/s1. The van der Waals surface area contributed by atoms with Gasteiger partial charge in [0, 0.05) is 6.42 Å². The van der Waals surface area contributed by atoms with Crippen LogP contribution in [0.5, 0.6) is 0 Å². The van der Waals surface area contributed by atoms with Gasteiger partial charge >= 0.3 is 5.97 Å². The highest BCUT2D eigenvalue weighted by molar-refractivity contribution is 5.69. The molecular weight excluding hydrogens is 182 g/mol. The van der Waals surface area contributed by atoms with E-state index in [1.54, 1.807) is 0 Å². The maximum atomic E-state index is 10.9. The van der Waals surface area contributed by atoms with Crippen LogP contribution in [0.1, 0.15) is 25.7 Å². The van der Waals surface area contributed by atoms with Crippen molar-refractivity contribution < 1.29 is 14.6 Å². The van der Waals surface area contributed by atoms with Crippen LogP contribution in [-0.4, -0.2) is 37.4 Å². The fourth-order valence-electron chi connectivity index (χ4n) is 1.83. The molecule has 0 spiro atoms. The van der Waals surface area contributed by atoms with Crippen molar-refractivity contribution in [2.45, 2.75) is 31.8 Å². The van der Waals surface area contributed by atoms with Crippen molar-refractivity contribution in [2.75, 3.05) is 20.2 Å². The Kier molecular flexibility index (Phi) is 4.90. The lowest BCUT2D eigenvalue weighted by Crippen LogP contribution is -2.21. The van der Waals surface area contributed by atoms with E-state index in [1.165, 1.54) is 7.11 Å². The van der Waals surface area contributed by atoms with Gasteiger partial charge in [0.2, 0.25) is 0 Å². The molecule has 1 saturated heterocycles. The molecule has 4 nitrogen and oxygen atoms in total. The number of esters is 1. The first kappa shape index (κ1) is 11.5. The lowest BCUT2D eigenvalue weighted by Gasteiger charge is -2.18. The number of aliphatic hydroxyl groups is 1. The van der Waals surface area contributed by atoms with Gasteiger partial charge in [0.25, 0.3) is 0 Å². The van der Waals surface area contributed by atoms with Crippen molar-refractivity contribution in [2.24, 2.45) is 5.92 Å². The Hall–Kier alpha value is -0.610. The summed E-state index contributed by atoms with van der Waals surface area (Å²) in [6, 6.07) is 0. The monoisotopic (exact) mass is 201 g/mol. The van der Waals surface area contributed by atoms with Crippen LogP contribution < -0.4 is 5.32 Å². The first-order valence-electron chi connectivity index (χ1n) is 5.19. The van der Waals surface area contributed by atoms with E-state index in [0.717, 1.165) is 32.4 Å². The van der Waals surface area contributed by atoms with Crippen LogP contribution in [0.25, 0.3) is 0 Å². The third-order valence-electron chi connectivity index (χ3n) is 2.80. The molecule has 0 unspecified atom stereocenters. The lowest BCUT2D eigenvalue weighted by molar-refractivity contribution is -0.141. The van der Waals surface area contributed by atoms with E-state index in [2.05, 4.69) is 10.1 Å². The Morgan fingerprint density at radius 2 is 2.21 bits per heavy atom. The van der Waals surface area contributed by atoms with Gasteiger partial charge < -0.3 is 15.2 Å². The van der Waals surface area contributed by atoms with Crippen molar-refractivity contribution in [3.05, 3.63) is 0 Å². The van der Waals surface area contributed by atoms with E-state index in [4.69, 9.17) is 0 Å². The molecule has 0 bridgehead atoms. The molecule has 0 saturated carbocycles. The first-order valence-corrected chi connectivity index (χ1v) is 5.19. The Morgan fingerprint density at radius 1 is 1.50 bits per heavy atom. The molecule has 2 N–H and O–H groups in total. The summed E-state index contributed by atoms with van der Waals surface area (Å²) in [4.78, 5) is 10.9. The number of rotatable bonds is 3. The summed E-state index contributed by atoms with van der Waals surface area (Å²) in [5, 5.41) is 13.0. The van der Waals surface area contributed by atoms with Gasteiger partial charge in [-0.2, -0.15) is 0 Å². The first-order chi connectivity index (χ1) is 6.74. The van der Waals surface area contributed by atoms with Crippen LogP contribution >= 0.6 is 0 Å². The normalized spacial score (nSPS) is 28.1. The molecule has 82 valence electrons. The third-order valence-corrected chi connectivity index (χ3v) is 2.80. The average Bonchev–Trinajstić information content (AvgIpc) is 2.39. The minimum Gasteiger partial charge on any atom is -0.469 e. The fraction of sp³-hybridized carbons (Fsp3) is 0.900. The summed E-state index contributed by atoms with van der Waals surface area (Å²) in [7, 11) is 1.40. The molecule has 0 amide bonds. The minimum atomic E-state index is -0.269. The molecule has 0 aromatic rings. The lowest BCUT2D eigenvalue weighted by atomic mass is 9.92. The SMILES string of the molecule is COC(=O)CC[C@H]1CCNCC[C@H]1O. The zero-order valence-electron chi connectivity index (χ0n) is 8.66. The second-order valence-electron chi connectivity index (χ2n) is 3.77. The Labute approximate surface area is 84.6 Å². The van der Waals surface area contributed by atoms with E-state index in [-0.39, 0.29) is 18.0 Å². The van der Waals surface area contributed by atoms with Gasteiger partial charge in [-0.05, 0) is 38.3 Å². The second kappa shape index (κ2) is 5.98. The largest absolute Gasteiger partial charge is 0.469 e. The summed E-state index contributed by atoms with van der Waals surface area (Å²) in [5.41, 5.74) is 0. The van der Waals surface area contributed by atoms with Crippen LogP contribution in [0, 0.1) is 5.92 Å². The van der Waals surface area contributed by atoms with Crippen molar-refractivity contribution in [3.63, 3.8) is 0 Å². The van der Waals surface area contributed by atoms with Crippen molar-refractivity contribution in [1.29, 1.82) is 0 Å². The van der Waals surface area contributed by atoms with Gasteiger partial charge in [-0.25, -0.2) is 0 Å². The quantitative estimate of drug-likeness (QED) is 0.645. The number of ether oxygens (including phenoxy) is 1. The van der Waals surface area contributed by atoms with E-state index in [9.17, 15) is 9.90 Å². The predicted molar refractivity (Wildman–Crippen MR) is 52.9 cm³/mol. The number of methoxy groups -OCH3 is 1. The molecule has 2 atom stereocenters. The molecule has 1 aliphatic rings. The number of hydrogen-bond acceptors (Lipinski definition) is 4. The molecule has 0 aromatic carbocycles. The molecule has 0 aliphatic carbocycles. The molecule has 1 aliphatic heterocycles. The van der Waals surface area contributed by atoms with E-state index in [0.29, 0.717) is 6.42 Å². The Morgan fingerprint density at radius 3 is 2.93 bits per heavy atom. The van der Waals surface area contributed by atoms with Crippen molar-refractivity contribution in [3.8, 4) is 0 Å². The molecule has 14 heavy (non-hydrogen) atoms. The van der Waals surface area contributed by atoms with Gasteiger partial charge in [-0.1, -0.05) is 0 Å². The topological polar surface area (TPSA) is 58.6 Å². The summed E-state index contributed by atoms with van der Waals surface area (Å²) < 4.78 is 4.57. The summed E-state index contributed by atoms with van der Waals surface area (Å²) in [6.45, 7) is 1.80. The number of carbonyl (C=O) groups is 1. The summed E-state index contributed by atoms with van der Waals surface area (Å²) in [6.07, 6.45) is 2.60. The van der Waals surface area contributed by atoms with Crippen LogP contribution in [-0.2, 0) is 9.53 Å². The van der Waals surface area contributed by atoms with Crippen LogP contribution in [0.4, 0.5) is 0 Å². The molecule has 0 aromatic heterocycles. The van der Waals surface area contributed by atoms with Crippen LogP contribution in [0.2, 0.25) is 0 Å². The zero-order valence-corrected chi connectivity index (χ0v) is 8.66. The Balaban J connectivity index is 2.29. The molecule has 1 heterocycles. The third kappa shape index (κ3) is 3.64. The summed E-state index contributed by atoms with van der Waals surface area (Å²) in [5.74, 6) is 0.0542. The second-order valence-corrected chi connectivity index (χ2v) is 3.77. The Bertz CT molecular complexity index is 184. The highest BCUT2D eigenvalue weighted by Crippen LogP contribution is 2.20. The number of hydrogen-bond donors (Lipinski definition) is 2. The molecule has 1 fully saturated rings. The van der Waals surface area contributed by atoms with Crippen LogP contribution in [0.15, 0.2) is 0 Å². The number of carbonyl (C=O) groups excluding carboxylic acids is 1. The molecular formula is C10H19NO3. The minimum absolute atomic E-state index is 0.186. The highest BCUT2D eigenvalue weighted by Gasteiger charge is 2.21. The number of nitrogens with one attached hydrogen (secondary N) is 1. The zero-order chi connectivity index (χ0) is 10.4. The van der Waals surface area contributed by atoms with E-state index in [1.807, 2.05) is 0 Å². The summed E-state index contributed by atoms with van der Waals surface area (Å²) >= 11 is 0. The van der Waals surface area contributed by atoms with Gasteiger partial charge in [-0.3, -0.25) is 4.79 Å². The van der Waals surface area contributed by atoms with Crippen molar-refractivity contribution in [1.82, 2.24) is 5.32 Å². The highest BCUT2D eigenvalue weighted by atomic mass is 16.5. The van der Waals surface area contributed by atoms with E-state index >= 15 is 0 Å². The smallest absolute Gasteiger partial charge is 0.305 e. The number of aliphatic hydroxyl groups excluding tert-OH is 1. The molecule has 1 rings (SSSR count). The molecule has 0 radical (unpaired) electrons. The van der Waals surface area contributed by atoms with Gasteiger partial charge in [0.15, 0.2) is 0 Å². The van der Waals surface area contributed by atoms with Crippen molar-refractivity contribution >= 4 is 5.97 Å². The van der Waals surface area contributed by atoms with Gasteiger partial charge in [0.05, 0.1) is 13.2 Å². The fourth-order valence-corrected chi connectivity index (χ4v) is 1.83. The maximum absolute atomic E-state index is 10.9. The predicted octanol–water partition coefficient (Wildman–Crippen LogP) is 0.300.